The van der Waals surface area contributed by atoms with Crippen molar-refractivity contribution in [1.82, 2.24) is 19.7 Å². The Morgan fingerprint density at radius 1 is 1.31 bits per heavy atom. The van der Waals surface area contributed by atoms with Crippen molar-refractivity contribution in [3.63, 3.8) is 0 Å². The fraction of sp³-hybridized carbons (Fsp3) is 0.316. The molecule has 1 aliphatic rings. The fourth-order valence-corrected chi connectivity index (χ4v) is 3.41. The average Bonchev–Trinajstić information content (AvgIpc) is 3.04. The average molecular weight is 352 g/mol. The molecule has 0 saturated carbocycles. The van der Waals surface area contributed by atoms with Gasteiger partial charge in [-0.1, -0.05) is 6.07 Å². The van der Waals surface area contributed by atoms with Gasteiger partial charge in [0.1, 0.15) is 0 Å². The molecule has 2 aromatic heterocycles. The van der Waals surface area contributed by atoms with E-state index in [1.54, 1.807) is 36.9 Å². The number of nitrogens with zero attached hydrogens (tertiary/aromatic N) is 3. The Hall–Kier alpha value is -2.93. The van der Waals surface area contributed by atoms with E-state index >= 15 is 0 Å². The van der Waals surface area contributed by atoms with Crippen molar-refractivity contribution in [3.8, 4) is 0 Å². The first-order valence-electron chi connectivity index (χ1n) is 8.60. The van der Waals surface area contributed by atoms with Crippen LogP contribution in [0.4, 0.5) is 0 Å². The Morgan fingerprint density at radius 3 is 2.88 bits per heavy atom. The first kappa shape index (κ1) is 16.5. The normalized spacial score (nSPS) is 15.1. The van der Waals surface area contributed by atoms with Crippen molar-refractivity contribution in [2.24, 2.45) is 0 Å². The maximum Gasteiger partial charge on any atom is 0.256 e. The number of aromatic amines is 1. The largest absolute Gasteiger partial charge is 0.387 e. The molecule has 2 N–H and O–H groups in total. The van der Waals surface area contributed by atoms with Gasteiger partial charge in [0.15, 0.2) is 5.43 Å². The van der Waals surface area contributed by atoms with Gasteiger partial charge < -0.3 is 15.0 Å². The summed E-state index contributed by atoms with van der Waals surface area (Å²) in [5, 5.41) is 14.6. The number of fused-ring (bicyclic) bond motifs is 2. The quantitative estimate of drug-likeness (QED) is 0.735. The van der Waals surface area contributed by atoms with Crippen LogP contribution in [0.25, 0.3) is 10.9 Å². The predicted molar refractivity (Wildman–Crippen MR) is 96.9 cm³/mol. The van der Waals surface area contributed by atoms with E-state index in [9.17, 15) is 14.7 Å². The number of aromatic nitrogens is 3. The molecule has 4 rings (SSSR count). The number of nitrogens with one attached hydrogen (secondary N) is 1. The molecule has 0 unspecified atom stereocenters. The van der Waals surface area contributed by atoms with E-state index in [4.69, 9.17) is 0 Å². The summed E-state index contributed by atoms with van der Waals surface area (Å²) in [5.41, 5.74) is 3.20. The summed E-state index contributed by atoms with van der Waals surface area (Å²) in [7, 11) is 0. The molecule has 0 spiro atoms. The number of benzene rings is 1. The van der Waals surface area contributed by atoms with E-state index in [2.05, 4.69) is 10.1 Å². The van der Waals surface area contributed by atoms with Gasteiger partial charge in [0, 0.05) is 23.7 Å². The fourth-order valence-electron chi connectivity index (χ4n) is 3.41. The molecule has 0 radical (unpaired) electrons. The summed E-state index contributed by atoms with van der Waals surface area (Å²) < 4.78 is 1.83. The molecule has 1 aliphatic heterocycles. The minimum absolute atomic E-state index is 0.0933. The van der Waals surface area contributed by atoms with Crippen LogP contribution in [-0.2, 0) is 13.1 Å². The molecule has 3 aromatic rings. The number of hydrogen-bond acceptors (Lipinski definition) is 4. The molecule has 0 bridgehead atoms. The van der Waals surface area contributed by atoms with Crippen molar-refractivity contribution in [3.05, 3.63) is 63.2 Å². The van der Waals surface area contributed by atoms with Crippen LogP contribution in [0.5, 0.6) is 0 Å². The summed E-state index contributed by atoms with van der Waals surface area (Å²) in [6.45, 7) is 5.00. The number of aliphatic hydroxyl groups excluding tert-OH is 1. The molecular weight excluding hydrogens is 332 g/mol. The van der Waals surface area contributed by atoms with E-state index in [-0.39, 0.29) is 11.3 Å². The molecule has 0 aliphatic carbocycles. The number of hydrogen-bond donors (Lipinski definition) is 2. The van der Waals surface area contributed by atoms with Crippen LogP contribution in [0.1, 0.15) is 40.5 Å². The Bertz CT molecular complexity index is 1060. The molecule has 1 atom stereocenters. The highest BCUT2D eigenvalue weighted by atomic mass is 16.3. The van der Waals surface area contributed by atoms with Crippen molar-refractivity contribution in [2.45, 2.75) is 33.0 Å². The third-order valence-electron chi connectivity index (χ3n) is 4.76. The van der Waals surface area contributed by atoms with Crippen LogP contribution < -0.4 is 5.43 Å². The maximum absolute atomic E-state index is 13.1. The van der Waals surface area contributed by atoms with Crippen LogP contribution in [0.3, 0.4) is 0 Å². The smallest absolute Gasteiger partial charge is 0.256 e. The Balaban J connectivity index is 1.70. The van der Waals surface area contributed by atoms with Crippen molar-refractivity contribution < 1.29 is 9.90 Å². The standard InChI is InChI=1S/C19H20N4O3/c1-11-8-17(25)14-4-3-5-15(18(14)20-11)19(26)22-6-7-23-13(10-22)9-16(21-23)12(2)24/h3-5,8-9,12,24H,6-7,10H2,1-2H3,(H,20,25)/t12-/m1/s1. The molecule has 0 saturated heterocycles. The topological polar surface area (TPSA) is 91.2 Å². The molecular formula is C19H20N4O3. The van der Waals surface area contributed by atoms with Gasteiger partial charge in [0.2, 0.25) is 0 Å². The summed E-state index contributed by atoms with van der Waals surface area (Å²) >= 11 is 0. The van der Waals surface area contributed by atoms with Crippen molar-refractivity contribution in [2.75, 3.05) is 6.54 Å². The van der Waals surface area contributed by atoms with E-state index in [0.29, 0.717) is 41.8 Å². The number of amides is 1. The van der Waals surface area contributed by atoms with Gasteiger partial charge in [-0.05, 0) is 32.0 Å². The number of aryl methyl sites for hydroxylation is 1. The zero-order valence-electron chi connectivity index (χ0n) is 14.7. The Labute approximate surface area is 149 Å². The lowest BCUT2D eigenvalue weighted by molar-refractivity contribution is 0.0707. The van der Waals surface area contributed by atoms with E-state index in [1.165, 1.54) is 6.07 Å². The van der Waals surface area contributed by atoms with Gasteiger partial charge in [0.05, 0.1) is 41.7 Å². The first-order valence-corrected chi connectivity index (χ1v) is 8.60. The second kappa shape index (κ2) is 6.10. The van der Waals surface area contributed by atoms with Gasteiger partial charge in [-0.15, -0.1) is 0 Å². The zero-order valence-corrected chi connectivity index (χ0v) is 14.7. The molecule has 0 fully saturated rings. The number of para-hydroxylation sites is 1. The monoisotopic (exact) mass is 352 g/mol. The van der Waals surface area contributed by atoms with Gasteiger partial charge in [-0.3, -0.25) is 14.3 Å². The Kier molecular flexibility index (Phi) is 3.88. The third kappa shape index (κ3) is 2.70. The third-order valence-corrected chi connectivity index (χ3v) is 4.76. The highest BCUT2D eigenvalue weighted by Crippen LogP contribution is 2.22. The SMILES string of the molecule is Cc1cc(=O)c2cccc(C(=O)N3CCn4nc([C@@H](C)O)cc4C3)c2[nH]1. The van der Waals surface area contributed by atoms with Gasteiger partial charge in [0.25, 0.3) is 5.91 Å². The van der Waals surface area contributed by atoms with Crippen LogP contribution in [0, 0.1) is 6.92 Å². The van der Waals surface area contributed by atoms with E-state index in [1.807, 2.05) is 10.7 Å². The number of carbonyl (C=O) groups is 1. The minimum atomic E-state index is -0.636. The van der Waals surface area contributed by atoms with Crippen molar-refractivity contribution in [1.29, 1.82) is 0 Å². The number of pyridine rings is 1. The lowest BCUT2D eigenvalue weighted by atomic mass is 10.1. The highest BCUT2D eigenvalue weighted by Gasteiger charge is 2.25. The molecule has 134 valence electrons. The first-order chi connectivity index (χ1) is 12.4. The number of H-pyrrole nitrogens is 1. The molecule has 1 aromatic carbocycles. The molecule has 7 nitrogen and oxygen atoms in total. The lowest BCUT2D eigenvalue weighted by Gasteiger charge is -2.28. The lowest BCUT2D eigenvalue weighted by Crippen LogP contribution is -2.38. The summed E-state index contributed by atoms with van der Waals surface area (Å²) in [4.78, 5) is 30.2. The summed E-state index contributed by atoms with van der Waals surface area (Å²) in [5.74, 6) is -0.122. The van der Waals surface area contributed by atoms with Gasteiger partial charge >= 0.3 is 0 Å². The zero-order chi connectivity index (χ0) is 18.4. The second-order valence-corrected chi connectivity index (χ2v) is 6.73. The predicted octanol–water partition coefficient (Wildman–Crippen LogP) is 1.74. The van der Waals surface area contributed by atoms with Crippen LogP contribution in [0.15, 0.2) is 35.1 Å². The summed E-state index contributed by atoms with van der Waals surface area (Å²) in [6.07, 6.45) is -0.636. The highest BCUT2D eigenvalue weighted by molar-refractivity contribution is 6.05. The summed E-state index contributed by atoms with van der Waals surface area (Å²) in [6, 6.07) is 8.57. The number of aliphatic hydroxyl groups is 1. The minimum Gasteiger partial charge on any atom is -0.387 e. The molecule has 1 amide bonds. The second-order valence-electron chi connectivity index (χ2n) is 6.73. The van der Waals surface area contributed by atoms with E-state index in [0.717, 1.165) is 11.4 Å². The number of rotatable bonds is 2. The van der Waals surface area contributed by atoms with Gasteiger partial charge in [-0.2, -0.15) is 5.10 Å². The van der Waals surface area contributed by atoms with E-state index < -0.39 is 6.10 Å². The maximum atomic E-state index is 13.1. The van der Waals surface area contributed by atoms with Crippen LogP contribution in [-0.4, -0.2) is 37.2 Å². The molecule has 3 heterocycles. The van der Waals surface area contributed by atoms with Crippen LogP contribution >= 0.6 is 0 Å². The molecule has 26 heavy (non-hydrogen) atoms. The van der Waals surface area contributed by atoms with Crippen LogP contribution in [0.2, 0.25) is 0 Å². The van der Waals surface area contributed by atoms with Gasteiger partial charge in [-0.25, -0.2) is 0 Å². The number of carbonyl (C=O) groups excluding carboxylic acids is 1. The molecule has 7 heteroatoms. The van der Waals surface area contributed by atoms with Crippen molar-refractivity contribution >= 4 is 16.8 Å². The Morgan fingerprint density at radius 2 is 2.12 bits per heavy atom.